The Labute approximate surface area is 71.1 Å². The molecule has 11 heavy (non-hydrogen) atoms. The lowest BCUT2D eigenvalue weighted by Crippen LogP contribution is -1.96. The van der Waals surface area contributed by atoms with Gasteiger partial charge in [-0.25, -0.2) is 0 Å². The molecule has 0 amide bonds. The second-order valence-corrected chi connectivity index (χ2v) is 3.21. The first-order valence-corrected chi connectivity index (χ1v) is 4.89. The molecule has 0 radical (unpaired) electrons. The van der Waals surface area contributed by atoms with Crippen LogP contribution >= 0.6 is 0 Å². The molecule has 0 saturated carbocycles. The zero-order valence-corrected chi connectivity index (χ0v) is 8.23. The highest BCUT2D eigenvalue weighted by Gasteiger charge is 1.97. The quantitative estimate of drug-likeness (QED) is 0.517. The maximum atomic E-state index is 5.25. The molecule has 1 heteroatoms. The van der Waals surface area contributed by atoms with Crippen molar-refractivity contribution in [2.75, 3.05) is 13.2 Å². The zero-order chi connectivity index (χ0) is 8.53. The summed E-state index contributed by atoms with van der Waals surface area (Å²) in [6.07, 6.45) is 5.24. The fourth-order valence-corrected chi connectivity index (χ4v) is 1.05. The highest BCUT2D eigenvalue weighted by molar-refractivity contribution is 4.49. The molecule has 0 aromatic heterocycles. The number of unbranched alkanes of at least 4 members (excludes halogenated alkanes) is 1. The van der Waals surface area contributed by atoms with Crippen LogP contribution in [-0.2, 0) is 4.74 Å². The van der Waals surface area contributed by atoms with E-state index in [9.17, 15) is 0 Å². The van der Waals surface area contributed by atoms with Crippen LogP contribution in [0, 0.1) is 5.92 Å². The van der Waals surface area contributed by atoms with Crippen LogP contribution in [0.4, 0.5) is 0 Å². The lowest BCUT2D eigenvalue weighted by atomic mass is 10.0. The summed E-state index contributed by atoms with van der Waals surface area (Å²) in [5.41, 5.74) is 0. The molecule has 1 atom stereocenters. The van der Waals surface area contributed by atoms with Crippen molar-refractivity contribution in [1.29, 1.82) is 0 Å². The minimum Gasteiger partial charge on any atom is -0.382 e. The fraction of sp³-hybridized carbons (Fsp3) is 1.00. The SMILES string of the molecule is CCOCCCCC(C)CC. The van der Waals surface area contributed by atoms with E-state index in [1.165, 1.54) is 25.7 Å². The average molecular weight is 158 g/mol. The molecule has 1 nitrogen and oxygen atoms in total. The van der Waals surface area contributed by atoms with Crippen LogP contribution in [0.1, 0.15) is 46.5 Å². The smallest absolute Gasteiger partial charge is 0.0465 e. The van der Waals surface area contributed by atoms with E-state index in [1.54, 1.807) is 0 Å². The molecule has 0 aromatic carbocycles. The summed E-state index contributed by atoms with van der Waals surface area (Å²) >= 11 is 0. The molecule has 0 rings (SSSR count). The van der Waals surface area contributed by atoms with Crippen molar-refractivity contribution in [3.63, 3.8) is 0 Å². The molecular weight excluding hydrogens is 136 g/mol. The van der Waals surface area contributed by atoms with E-state index < -0.39 is 0 Å². The van der Waals surface area contributed by atoms with E-state index >= 15 is 0 Å². The number of hydrogen-bond acceptors (Lipinski definition) is 1. The van der Waals surface area contributed by atoms with E-state index in [0.29, 0.717) is 0 Å². The Morgan fingerprint density at radius 3 is 2.45 bits per heavy atom. The minimum atomic E-state index is 0.864. The van der Waals surface area contributed by atoms with Crippen LogP contribution in [0.5, 0.6) is 0 Å². The van der Waals surface area contributed by atoms with Crippen molar-refractivity contribution >= 4 is 0 Å². The third-order valence-electron chi connectivity index (χ3n) is 2.14. The molecular formula is C10H22O. The van der Waals surface area contributed by atoms with Crippen molar-refractivity contribution in [3.05, 3.63) is 0 Å². The topological polar surface area (TPSA) is 9.23 Å². The number of hydrogen-bond donors (Lipinski definition) is 0. The van der Waals surface area contributed by atoms with Crippen molar-refractivity contribution in [1.82, 2.24) is 0 Å². The van der Waals surface area contributed by atoms with Gasteiger partial charge in [0.05, 0.1) is 0 Å². The Kier molecular flexibility index (Phi) is 8.03. The van der Waals surface area contributed by atoms with Crippen LogP contribution in [-0.4, -0.2) is 13.2 Å². The molecule has 0 N–H and O–H groups in total. The van der Waals surface area contributed by atoms with E-state index in [1.807, 2.05) is 0 Å². The Hall–Kier alpha value is -0.0400. The maximum Gasteiger partial charge on any atom is 0.0465 e. The highest BCUT2D eigenvalue weighted by Crippen LogP contribution is 2.10. The number of rotatable bonds is 7. The van der Waals surface area contributed by atoms with Gasteiger partial charge in [0.15, 0.2) is 0 Å². The summed E-state index contributed by atoms with van der Waals surface area (Å²) in [7, 11) is 0. The predicted octanol–water partition coefficient (Wildman–Crippen LogP) is 3.24. The largest absolute Gasteiger partial charge is 0.382 e. The number of ether oxygens (including phenoxy) is 1. The second-order valence-electron chi connectivity index (χ2n) is 3.21. The van der Waals surface area contributed by atoms with Gasteiger partial charge in [0.1, 0.15) is 0 Å². The third kappa shape index (κ3) is 7.86. The molecule has 0 aliphatic carbocycles. The van der Waals surface area contributed by atoms with Crippen LogP contribution in [0.25, 0.3) is 0 Å². The lowest BCUT2D eigenvalue weighted by Gasteiger charge is -2.06. The Morgan fingerprint density at radius 2 is 1.91 bits per heavy atom. The Morgan fingerprint density at radius 1 is 1.18 bits per heavy atom. The van der Waals surface area contributed by atoms with Crippen molar-refractivity contribution in [2.24, 2.45) is 5.92 Å². The summed E-state index contributed by atoms with van der Waals surface area (Å²) in [5.74, 6) is 0.900. The third-order valence-corrected chi connectivity index (χ3v) is 2.14. The first-order chi connectivity index (χ1) is 5.31. The summed E-state index contributed by atoms with van der Waals surface area (Å²) in [4.78, 5) is 0. The molecule has 0 heterocycles. The molecule has 0 bridgehead atoms. The summed E-state index contributed by atoms with van der Waals surface area (Å²) < 4.78 is 5.25. The molecule has 0 aliphatic heterocycles. The van der Waals surface area contributed by atoms with Crippen molar-refractivity contribution < 1.29 is 4.74 Å². The summed E-state index contributed by atoms with van der Waals surface area (Å²) in [6, 6.07) is 0. The van der Waals surface area contributed by atoms with Gasteiger partial charge in [-0.3, -0.25) is 0 Å². The van der Waals surface area contributed by atoms with Gasteiger partial charge in [-0.05, 0) is 19.3 Å². The molecule has 68 valence electrons. The highest BCUT2D eigenvalue weighted by atomic mass is 16.5. The monoisotopic (exact) mass is 158 g/mol. The Balaban J connectivity index is 2.89. The first-order valence-electron chi connectivity index (χ1n) is 4.89. The molecule has 0 saturated heterocycles. The maximum absolute atomic E-state index is 5.25. The fourth-order valence-electron chi connectivity index (χ4n) is 1.05. The normalized spacial score (nSPS) is 13.4. The van der Waals surface area contributed by atoms with Crippen molar-refractivity contribution in [2.45, 2.75) is 46.5 Å². The van der Waals surface area contributed by atoms with Gasteiger partial charge >= 0.3 is 0 Å². The van der Waals surface area contributed by atoms with E-state index in [0.717, 1.165) is 19.1 Å². The average Bonchev–Trinajstić information content (AvgIpc) is 2.04. The molecule has 0 spiro atoms. The van der Waals surface area contributed by atoms with Crippen LogP contribution in [0.15, 0.2) is 0 Å². The molecule has 0 aliphatic rings. The standard InChI is InChI=1S/C10H22O/c1-4-10(3)8-6-7-9-11-5-2/h10H,4-9H2,1-3H3. The van der Waals surface area contributed by atoms with E-state index in [4.69, 9.17) is 4.74 Å². The van der Waals surface area contributed by atoms with E-state index in [-0.39, 0.29) is 0 Å². The van der Waals surface area contributed by atoms with Crippen LogP contribution < -0.4 is 0 Å². The summed E-state index contributed by atoms with van der Waals surface area (Å²) in [6.45, 7) is 8.44. The van der Waals surface area contributed by atoms with Gasteiger partial charge in [0, 0.05) is 13.2 Å². The summed E-state index contributed by atoms with van der Waals surface area (Å²) in [5, 5.41) is 0. The zero-order valence-electron chi connectivity index (χ0n) is 8.23. The van der Waals surface area contributed by atoms with Crippen molar-refractivity contribution in [3.8, 4) is 0 Å². The molecule has 0 fully saturated rings. The van der Waals surface area contributed by atoms with Gasteiger partial charge in [-0.1, -0.05) is 33.1 Å². The van der Waals surface area contributed by atoms with Gasteiger partial charge in [0.25, 0.3) is 0 Å². The lowest BCUT2D eigenvalue weighted by molar-refractivity contribution is 0.142. The van der Waals surface area contributed by atoms with Crippen LogP contribution in [0.2, 0.25) is 0 Å². The van der Waals surface area contributed by atoms with Gasteiger partial charge < -0.3 is 4.74 Å². The van der Waals surface area contributed by atoms with Gasteiger partial charge in [-0.2, -0.15) is 0 Å². The van der Waals surface area contributed by atoms with Gasteiger partial charge in [0.2, 0.25) is 0 Å². The molecule has 0 aromatic rings. The van der Waals surface area contributed by atoms with Gasteiger partial charge in [-0.15, -0.1) is 0 Å². The molecule has 1 unspecified atom stereocenters. The first kappa shape index (κ1) is 11.0. The minimum absolute atomic E-state index is 0.864. The van der Waals surface area contributed by atoms with Crippen LogP contribution in [0.3, 0.4) is 0 Å². The second kappa shape index (κ2) is 8.06. The Bertz CT molecular complexity index is 71.3. The predicted molar refractivity (Wildman–Crippen MR) is 49.8 cm³/mol. The van der Waals surface area contributed by atoms with E-state index in [2.05, 4.69) is 20.8 Å².